The lowest BCUT2D eigenvalue weighted by atomic mass is 10.1. The van der Waals surface area contributed by atoms with Crippen LogP contribution in [0.3, 0.4) is 0 Å². The van der Waals surface area contributed by atoms with Crippen LogP contribution in [0.4, 0.5) is 0 Å². The Labute approximate surface area is 319 Å². The van der Waals surface area contributed by atoms with Crippen molar-refractivity contribution in [3.8, 4) is 0 Å². The number of unbranched alkanes of at least 4 members (excludes halogenated alkanes) is 17. The summed E-state index contributed by atoms with van der Waals surface area (Å²) in [5.41, 5.74) is 0. The van der Waals surface area contributed by atoms with Crippen LogP contribution < -0.4 is 0 Å². The van der Waals surface area contributed by atoms with E-state index in [1.165, 1.54) is 70.6 Å². The third kappa shape index (κ3) is 38.0. The molecule has 0 bridgehead atoms. The topological polar surface area (TPSA) is 108 Å². The number of likely N-dealkylation sites (N-methyl/N-ethyl adjacent to an activating group) is 1. The fraction of sp³-hybridized carbons (Fsp3) is 0.810. The molecule has 0 aliphatic rings. The Kier molecular flexibility index (Phi) is 33.8. The van der Waals surface area contributed by atoms with Crippen LogP contribution in [-0.2, 0) is 32.7 Å². The van der Waals surface area contributed by atoms with Gasteiger partial charge in [-0.1, -0.05) is 134 Å². The molecule has 0 radical (unpaired) electrons. The van der Waals surface area contributed by atoms with Crippen LogP contribution in [0.1, 0.15) is 168 Å². The van der Waals surface area contributed by atoms with E-state index in [4.69, 9.17) is 18.5 Å². The van der Waals surface area contributed by atoms with Crippen molar-refractivity contribution in [2.45, 2.75) is 174 Å². The zero-order chi connectivity index (χ0) is 38.6. The van der Waals surface area contributed by atoms with Crippen LogP contribution in [0.25, 0.3) is 0 Å². The number of hydrogen-bond acceptors (Lipinski definition) is 7. The minimum absolute atomic E-state index is 0.0228. The molecule has 2 atom stereocenters. The molecule has 9 nitrogen and oxygen atoms in total. The fourth-order valence-corrected chi connectivity index (χ4v) is 6.07. The van der Waals surface area contributed by atoms with Gasteiger partial charge in [0.1, 0.15) is 19.8 Å². The van der Waals surface area contributed by atoms with Gasteiger partial charge in [0.2, 0.25) is 0 Å². The molecule has 0 fully saturated rings. The van der Waals surface area contributed by atoms with E-state index in [-0.39, 0.29) is 26.1 Å². The van der Waals surface area contributed by atoms with Crippen molar-refractivity contribution < 1.29 is 42.1 Å². The zero-order valence-electron chi connectivity index (χ0n) is 34.0. The Balaban J connectivity index is 4.46. The maximum atomic E-state index is 12.6. The van der Waals surface area contributed by atoms with Gasteiger partial charge >= 0.3 is 19.8 Å². The first-order chi connectivity index (χ1) is 25.0. The normalized spacial score (nSPS) is 14.0. The third-order valence-corrected chi connectivity index (χ3v) is 9.63. The Morgan fingerprint density at radius 3 is 1.65 bits per heavy atom. The molecule has 0 aliphatic carbocycles. The van der Waals surface area contributed by atoms with Crippen molar-refractivity contribution in [1.29, 1.82) is 0 Å². The minimum atomic E-state index is -4.38. The highest BCUT2D eigenvalue weighted by atomic mass is 31.2. The molecular formula is C42H79NO8P+. The van der Waals surface area contributed by atoms with Crippen LogP contribution in [0, 0.1) is 0 Å². The number of carbonyl (C=O) groups is 2. The smallest absolute Gasteiger partial charge is 0.462 e. The van der Waals surface area contributed by atoms with Gasteiger partial charge in [-0.2, -0.15) is 0 Å². The lowest BCUT2D eigenvalue weighted by Gasteiger charge is -2.24. The fourth-order valence-electron chi connectivity index (χ4n) is 5.33. The van der Waals surface area contributed by atoms with Crippen molar-refractivity contribution in [2.24, 2.45) is 0 Å². The summed E-state index contributed by atoms with van der Waals surface area (Å²) in [7, 11) is 1.44. The third-order valence-electron chi connectivity index (χ3n) is 8.64. The first-order valence-corrected chi connectivity index (χ1v) is 22.2. The number of phosphoric acid groups is 1. The van der Waals surface area contributed by atoms with Crippen LogP contribution in [0.2, 0.25) is 0 Å². The molecule has 0 spiro atoms. The molecule has 304 valence electrons. The monoisotopic (exact) mass is 757 g/mol. The number of carbonyl (C=O) groups excluding carboxylic acids is 2. The largest absolute Gasteiger partial charge is 0.472 e. The first-order valence-electron chi connectivity index (χ1n) is 20.7. The molecule has 0 saturated heterocycles. The molecule has 1 N–H and O–H groups in total. The van der Waals surface area contributed by atoms with Crippen LogP contribution >= 0.6 is 7.82 Å². The zero-order valence-corrected chi connectivity index (χ0v) is 34.9. The predicted octanol–water partition coefficient (Wildman–Crippen LogP) is 11.4. The van der Waals surface area contributed by atoms with Gasteiger partial charge in [0.05, 0.1) is 27.7 Å². The molecule has 1 unspecified atom stereocenters. The number of esters is 2. The highest BCUT2D eigenvalue weighted by Crippen LogP contribution is 2.43. The molecule has 0 aromatic carbocycles. The SMILES string of the molecule is CCCC/C=C/CCCCCCCC(=O)OC[C@H](COP(=O)(O)OCC[N+](C)(C)C)OC(=O)CCC/C=C/C/C=C/CCCCCCCCCCC. The summed E-state index contributed by atoms with van der Waals surface area (Å²) < 4.78 is 34.1. The van der Waals surface area contributed by atoms with E-state index in [9.17, 15) is 19.0 Å². The Morgan fingerprint density at radius 1 is 0.596 bits per heavy atom. The highest BCUT2D eigenvalue weighted by molar-refractivity contribution is 7.47. The van der Waals surface area contributed by atoms with Crippen LogP contribution in [0.5, 0.6) is 0 Å². The standard InChI is InChI=1S/C42H78NO8P/c1-6-8-10-12-14-16-18-19-20-21-22-23-25-27-29-31-33-35-42(45)51-40(39-50-52(46,47)49-37-36-43(3,4)5)38-48-41(44)34-32-30-28-26-24-17-15-13-11-9-7-2/h13,15,22-23,27,29,40H,6-12,14,16-21,24-26,28,30-39H2,1-5H3/p+1/b15-13+,23-22+,29-27+/t40-/m1/s1. The maximum absolute atomic E-state index is 12.6. The number of quaternary nitrogens is 1. The molecular weight excluding hydrogens is 677 g/mol. The van der Waals surface area contributed by atoms with E-state index in [0.29, 0.717) is 17.4 Å². The number of rotatable bonds is 37. The first kappa shape index (κ1) is 50.2. The summed E-state index contributed by atoms with van der Waals surface area (Å²) in [6.45, 7) is 4.31. The Hall–Kier alpha value is -1.77. The van der Waals surface area contributed by atoms with E-state index >= 15 is 0 Å². The Bertz CT molecular complexity index is 991. The van der Waals surface area contributed by atoms with Gasteiger partial charge in [-0.15, -0.1) is 0 Å². The van der Waals surface area contributed by atoms with Gasteiger partial charge in [0.15, 0.2) is 6.10 Å². The predicted molar refractivity (Wildman–Crippen MR) is 215 cm³/mol. The van der Waals surface area contributed by atoms with Crippen LogP contribution in [-0.4, -0.2) is 74.9 Å². The van der Waals surface area contributed by atoms with Crippen molar-refractivity contribution in [2.75, 3.05) is 47.5 Å². The Morgan fingerprint density at radius 2 is 1.08 bits per heavy atom. The lowest BCUT2D eigenvalue weighted by Crippen LogP contribution is -2.37. The number of nitrogens with zero attached hydrogens (tertiary/aromatic N) is 1. The second-order valence-corrected chi connectivity index (χ2v) is 16.5. The summed E-state index contributed by atoms with van der Waals surface area (Å²) in [5.74, 6) is -0.864. The number of phosphoric ester groups is 1. The second-order valence-electron chi connectivity index (χ2n) is 15.0. The average Bonchev–Trinajstić information content (AvgIpc) is 3.09. The van der Waals surface area contributed by atoms with Gasteiger partial charge in [-0.25, -0.2) is 4.57 Å². The summed E-state index contributed by atoms with van der Waals surface area (Å²) >= 11 is 0. The molecule has 0 aliphatic heterocycles. The number of allylic oxidation sites excluding steroid dienone is 6. The molecule has 0 amide bonds. The molecule has 0 rings (SSSR count). The van der Waals surface area contributed by atoms with E-state index in [1.54, 1.807) is 0 Å². The molecule has 0 saturated carbocycles. The van der Waals surface area contributed by atoms with Gasteiger partial charge in [0, 0.05) is 12.8 Å². The summed E-state index contributed by atoms with van der Waals surface area (Å²) in [6, 6.07) is 0. The van der Waals surface area contributed by atoms with Gasteiger partial charge in [0.25, 0.3) is 0 Å². The van der Waals surface area contributed by atoms with Gasteiger partial charge in [-0.3, -0.25) is 18.6 Å². The quantitative estimate of drug-likeness (QED) is 0.0219. The van der Waals surface area contributed by atoms with Crippen molar-refractivity contribution in [3.05, 3.63) is 36.5 Å². The molecule has 0 aromatic rings. The van der Waals surface area contributed by atoms with E-state index < -0.39 is 32.5 Å². The van der Waals surface area contributed by atoms with Crippen molar-refractivity contribution in [1.82, 2.24) is 0 Å². The highest BCUT2D eigenvalue weighted by Gasteiger charge is 2.27. The van der Waals surface area contributed by atoms with E-state index in [1.807, 2.05) is 21.1 Å². The number of ether oxygens (including phenoxy) is 2. The summed E-state index contributed by atoms with van der Waals surface area (Å²) in [4.78, 5) is 35.2. The van der Waals surface area contributed by atoms with Crippen LogP contribution in [0.15, 0.2) is 36.5 Å². The number of hydrogen-bond donors (Lipinski definition) is 1. The molecule has 0 heterocycles. The maximum Gasteiger partial charge on any atom is 0.472 e. The summed E-state index contributed by atoms with van der Waals surface area (Å²) in [6.07, 6.45) is 37.8. The second kappa shape index (κ2) is 35.0. The lowest BCUT2D eigenvalue weighted by molar-refractivity contribution is -0.870. The molecule has 52 heavy (non-hydrogen) atoms. The molecule has 10 heteroatoms. The van der Waals surface area contributed by atoms with Crippen molar-refractivity contribution in [3.63, 3.8) is 0 Å². The van der Waals surface area contributed by atoms with E-state index in [2.05, 4.69) is 50.3 Å². The minimum Gasteiger partial charge on any atom is -0.462 e. The van der Waals surface area contributed by atoms with Gasteiger partial charge in [-0.05, 0) is 57.8 Å². The molecule has 0 aromatic heterocycles. The average molecular weight is 757 g/mol. The summed E-state index contributed by atoms with van der Waals surface area (Å²) in [5, 5.41) is 0. The van der Waals surface area contributed by atoms with E-state index in [0.717, 1.165) is 64.2 Å². The van der Waals surface area contributed by atoms with Crippen molar-refractivity contribution >= 4 is 19.8 Å². The van der Waals surface area contributed by atoms with Gasteiger partial charge < -0.3 is 18.9 Å².